The molecule has 0 aromatic carbocycles. The molecular weight excluding hydrogens is 350 g/mol. The van der Waals surface area contributed by atoms with Crippen molar-refractivity contribution >= 4 is 33.1 Å². The number of amides is 1. The summed E-state index contributed by atoms with van der Waals surface area (Å²) >= 11 is 1.75. The van der Waals surface area contributed by atoms with E-state index in [-0.39, 0.29) is 11.7 Å². The third-order valence-electron chi connectivity index (χ3n) is 4.79. The van der Waals surface area contributed by atoms with Crippen molar-refractivity contribution in [3.05, 3.63) is 22.6 Å². The van der Waals surface area contributed by atoms with E-state index in [0.717, 1.165) is 35.1 Å². The molecule has 0 fully saturated rings. The first-order chi connectivity index (χ1) is 12.7. The summed E-state index contributed by atoms with van der Waals surface area (Å²) < 4.78 is 6.90. The first kappa shape index (κ1) is 17.4. The van der Waals surface area contributed by atoms with Gasteiger partial charge in [0.15, 0.2) is 5.65 Å². The Labute approximate surface area is 155 Å². The molecular formula is C18H23N5O2S. The predicted molar refractivity (Wildman–Crippen MR) is 101 cm³/mol. The molecule has 0 unspecified atom stereocenters. The summed E-state index contributed by atoms with van der Waals surface area (Å²) in [5.41, 5.74) is 2.08. The summed E-state index contributed by atoms with van der Waals surface area (Å²) in [6.45, 7) is 6.11. The van der Waals surface area contributed by atoms with Crippen LogP contribution in [-0.2, 0) is 17.6 Å². The fourth-order valence-corrected chi connectivity index (χ4v) is 4.62. The molecule has 138 valence electrons. The molecule has 1 aliphatic carbocycles. The minimum atomic E-state index is -0.254. The molecule has 1 amide bonds. The second kappa shape index (κ2) is 7.28. The van der Waals surface area contributed by atoms with Gasteiger partial charge in [0, 0.05) is 24.6 Å². The molecule has 0 saturated carbocycles. The molecule has 0 aliphatic heterocycles. The Hall–Kier alpha value is -2.06. The first-order valence-electron chi connectivity index (χ1n) is 9.19. The normalized spacial score (nSPS) is 16.9. The number of thiophene rings is 1. The van der Waals surface area contributed by atoms with E-state index in [4.69, 9.17) is 4.74 Å². The summed E-state index contributed by atoms with van der Waals surface area (Å²) in [6, 6.07) is 0. The van der Waals surface area contributed by atoms with Crippen molar-refractivity contribution in [3.8, 4) is 0 Å². The highest BCUT2D eigenvalue weighted by molar-refractivity contribution is 7.19. The second-order valence-electron chi connectivity index (χ2n) is 6.79. The third-order valence-corrected chi connectivity index (χ3v) is 5.99. The van der Waals surface area contributed by atoms with Gasteiger partial charge in [-0.05, 0) is 44.1 Å². The van der Waals surface area contributed by atoms with Crippen LogP contribution in [0, 0.1) is 5.92 Å². The Kier molecular flexibility index (Phi) is 4.86. The lowest BCUT2D eigenvalue weighted by Crippen LogP contribution is -2.26. The van der Waals surface area contributed by atoms with E-state index in [2.05, 4.69) is 27.3 Å². The van der Waals surface area contributed by atoms with Crippen LogP contribution in [0.15, 0.2) is 6.33 Å². The highest BCUT2D eigenvalue weighted by Gasteiger charge is 2.24. The number of hydrogen-bond acceptors (Lipinski definition) is 6. The van der Waals surface area contributed by atoms with Crippen molar-refractivity contribution in [1.82, 2.24) is 24.9 Å². The van der Waals surface area contributed by atoms with Gasteiger partial charge in [0.1, 0.15) is 11.2 Å². The number of nitrogens with zero attached hydrogens (tertiary/aromatic N) is 4. The van der Waals surface area contributed by atoms with Crippen LogP contribution in [0.3, 0.4) is 0 Å². The molecule has 0 spiro atoms. The Bertz CT molecular complexity index is 948. The summed E-state index contributed by atoms with van der Waals surface area (Å²) in [5.74, 6) is 0.604. The van der Waals surface area contributed by atoms with Crippen molar-refractivity contribution in [1.29, 1.82) is 0 Å². The number of aryl methyl sites for hydroxylation is 1. The smallest absolute Gasteiger partial charge is 0.290 e. The lowest BCUT2D eigenvalue weighted by Gasteiger charge is -2.17. The van der Waals surface area contributed by atoms with Crippen LogP contribution < -0.4 is 5.32 Å². The van der Waals surface area contributed by atoms with E-state index in [1.165, 1.54) is 16.9 Å². The topological polar surface area (TPSA) is 81.4 Å². The maximum Gasteiger partial charge on any atom is 0.290 e. The van der Waals surface area contributed by atoms with Gasteiger partial charge >= 0.3 is 0 Å². The zero-order valence-corrected chi connectivity index (χ0v) is 15.9. The van der Waals surface area contributed by atoms with E-state index < -0.39 is 0 Å². The van der Waals surface area contributed by atoms with Gasteiger partial charge in [-0.1, -0.05) is 6.92 Å². The van der Waals surface area contributed by atoms with Crippen molar-refractivity contribution in [2.45, 2.75) is 39.5 Å². The molecule has 0 saturated heterocycles. The van der Waals surface area contributed by atoms with E-state index >= 15 is 0 Å². The number of carbonyl (C=O) groups excluding carboxylic acids is 1. The molecule has 1 N–H and O–H groups in total. The number of ether oxygens (including phenoxy) is 1. The van der Waals surface area contributed by atoms with E-state index in [0.29, 0.717) is 25.7 Å². The van der Waals surface area contributed by atoms with Gasteiger partial charge in [-0.2, -0.15) is 0 Å². The highest BCUT2D eigenvalue weighted by atomic mass is 32.1. The Balaban J connectivity index is 1.61. The monoisotopic (exact) mass is 373 g/mol. The number of carbonyl (C=O) groups is 1. The van der Waals surface area contributed by atoms with Gasteiger partial charge in [-0.25, -0.2) is 14.5 Å². The van der Waals surface area contributed by atoms with Crippen LogP contribution in [0.1, 0.15) is 47.7 Å². The Morgan fingerprint density at radius 1 is 1.50 bits per heavy atom. The third kappa shape index (κ3) is 3.19. The molecule has 1 atom stereocenters. The molecule has 8 heteroatoms. The van der Waals surface area contributed by atoms with Gasteiger partial charge in [0.25, 0.3) is 5.91 Å². The largest absolute Gasteiger partial charge is 0.382 e. The van der Waals surface area contributed by atoms with Crippen LogP contribution in [0.4, 0.5) is 0 Å². The average Bonchev–Trinajstić information content (AvgIpc) is 3.21. The summed E-state index contributed by atoms with van der Waals surface area (Å²) in [6.07, 6.45) is 5.79. The van der Waals surface area contributed by atoms with E-state index in [9.17, 15) is 4.79 Å². The molecule has 3 aromatic heterocycles. The summed E-state index contributed by atoms with van der Waals surface area (Å²) in [7, 11) is 0. The van der Waals surface area contributed by atoms with Gasteiger partial charge in [0.05, 0.1) is 5.39 Å². The van der Waals surface area contributed by atoms with Gasteiger partial charge < -0.3 is 10.1 Å². The van der Waals surface area contributed by atoms with Crippen LogP contribution >= 0.6 is 11.3 Å². The molecule has 7 nitrogen and oxygen atoms in total. The zero-order chi connectivity index (χ0) is 18.1. The Morgan fingerprint density at radius 3 is 3.23 bits per heavy atom. The maximum atomic E-state index is 12.4. The first-order valence-corrected chi connectivity index (χ1v) is 10.0. The fraction of sp³-hybridized carbons (Fsp3) is 0.556. The number of nitrogens with one attached hydrogen (secondary N) is 1. The number of fused-ring (bicyclic) bond motifs is 5. The predicted octanol–water partition coefficient (Wildman–Crippen LogP) is 2.62. The van der Waals surface area contributed by atoms with Crippen molar-refractivity contribution in [2.75, 3.05) is 19.8 Å². The number of hydrogen-bond donors (Lipinski definition) is 1. The van der Waals surface area contributed by atoms with Crippen molar-refractivity contribution < 1.29 is 9.53 Å². The SMILES string of the molecule is CCOCCCNC(=O)c1nc2c3c4c(sc3ncn2n1)CC[C@H](C)C4. The lowest BCUT2D eigenvalue weighted by atomic mass is 9.89. The fourth-order valence-electron chi connectivity index (χ4n) is 3.44. The van der Waals surface area contributed by atoms with Crippen LogP contribution in [0.5, 0.6) is 0 Å². The molecule has 0 bridgehead atoms. The molecule has 26 heavy (non-hydrogen) atoms. The van der Waals surface area contributed by atoms with Gasteiger partial charge in [-0.15, -0.1) is 16.4 Å². The van der Waals surface area contributed by atoms with Crippen molar-refractivity contribution in [2.24, 2.45) is 5.92 Å². The van der Waals surface area contributed by atoms with Crippen LogP contribution in [0.2, 0.25) is 0 Å². The number of aromatic nitrogens is 4. The Morgan fingerprint density at radius 2 is 2.38 bits per heavy atom. The van der Waals surface area contributed by atoms with Crippen molar-refractivity contribution in [3.63, 3.8) is 0 Å². The lowest BCUT2D eigenvalue weighted by molar-refractivity contribution is 0.0934. The van der Waals surface area contributed by atoms with Crippen LogP contribution in [-0.4, -0.2) is 45.2 Å². The minimum Gasteiger partial charge on any atom is -0.382 e. The number of rotatable bonds is 6. The standard InChI is InChI=1S/C18H23N5O2S/c1-3-25-8-4-7-19-17(24)15-21-16-14-12-9-11(2)5-6-13(12)26-18(14)20-10-23(16)22-15/h10-11H,3-9H2,1-2H3,(H,19,24)/t11-/m0/s1. The van der Waals surface area contributed by atoms with Gasteiger partial charge in [0.2, 0.25) is 5.82 Å². The van der Waals surface area contributed by atoms with Gasteiger partial charge in [-0.3, -0.25) is 4.79 Å². The quantitative estimate of drug-likeness (QED) is 0.672. The summed E-state index contributed by atoms with van der Waals surface area (Å²) in [4.78, 5) is 23.8. The second-order valence-corrected chi connectivity index (χ2v) is 7.87. The molecule has 3 heterocycles. The van der Waals surface area contributed by atoms with E-state index in [1.54, 1.807) is 22.2 Å². The molecule has 1 aliphatic rings. The van der Waals surface area contributed by atoms with Crippen LogP contribution in [0.25, 0.3) is 15.9 Å². The molecule has 4 rings (SSSR count). The minimum absolute atomic E-state index is 0.194. The molecule has 0 radical (unpaired) electrons. The summed E-state index contributed by atoms with van der Waals surface area (Å²) in [5, 5.41) is 8.26. The van der Waals surface area contributed by atoms with E-state index in [1.807, 2.05) is 6.92 Å². The molecule has 3 aromatic rings. The highest BCUT2D eigenvalue weighted by Crippen LogP contribution is 2.38. The maximum absolute atomic E-state index is 12.4. The zero-order valence-electron chi connectivity index (χ0n) is 15.1. The average molecular weight is 373 g/mol.